The molecule has 0 saturated carbocycles. The van der Waals surface area contributed by atoms with Crippen LogP contribution in [0.4, 0.5) is 0 Å². The Morgan fingerprint density at radius 2 is 1.39 bits per heavy atom. The number of hydrogen-bond donors (Lipinski definition) is 1. The number of aromatic nitrogens is 2. The minimum atomic E-state index is 1.03. The SMILES string of the molecule is c1ccc2nc3ccc(-c4cc5ccccc5[nH]4)cc3cc2c1. The predicted octanol–water partition coefficient (Wildman–Crippen LogP) is 5.54. The van der Waals surface area contributed by atoms with Crippen molar-refractivity contribution in [3.05, 3.63) is 78.9 Å². The van der Waals surface area contributed by atoms with Crippen LogP contribution in [0.1, 0.15) is 0 Å². The van der Waals surface area contributed by atoms with E-state index in [0.717, 1.165) is 16.7 Å². The highest BCUT2D eigenvalue weighted by atomic mass is 14.7. The molecule has 1 N–H and O–H groups in total. The lowest BCUT2D eigenvalue weighted by Gasteiger charge is -2.04. The molecule has 0 spiro atoms. The van der Waals surface area contributed by atoms with Crippen molar-refractivity contribution in [2.75, 3.05) is 0 Å². The lowest BCUT2D eigenvalue weighted by atomic mass is 10.1. The number of H-pyrrole nitrogens is 1. The van der Waals surface area contributed by atoms with Gasteiger partial charge in [-0.3, -0.25) is 0 Å². The maximum Gasteiger partial charge on any atom is 0.0710 e. The Bertz CT molecular complexity index is 1140. The van der Waals surface area contributed by atoms with Crippen LogP contribution in [0.25, 0.3) is 44.0 Å². The molecular formula is C21H14N2. The van der Waals surface area contributed by atoms with E-state index >= 15 is 0 Å². The average Bonchev–Trinajstić information content (AvgIpc) is 3.03. The molecule has 0 fully saturated rings. The van der Waals surface area contributed by atoms with Gasteiger partial charge in [-0.1, -0.05) is 42.5 Å². The molecule has 0 unspecified atom stereocenters. The highest BCUT2D eigenvalue weighted by Crippen LogP contribution is 2.28. The van der Waals surface area contributed by atoms with E-state index in [1.807, 2.05) is 6.07 Å². The van der Waals surface area contributed by atoms with Crippen molar-refractivity contribution >= 4 is 32.7 Å². The van der Waals surface area contributed by atoms with Crippen molar-refractivity contribution in [3.8, 4) is 11.3 Å². The van der Waals surface area contributed by atoms with Gasteiger partial charge in [-0.05, 0) is 42.0 Å². The van der Waals surface area contributed by atoms with E-state index in [1.165, 1.54) is 27.2 Å². The van der Waals surface area contributed by atoms with Gasteiger partial charge in [0.1, 0.15) is 0 Å². The predicted molar refractivity (Wildman–Crippen MR) is 96.5 cm³/mol. The van der Waals surface area contributed by atoms with Gasteiger partial charge in [-0.2, -0.15) is 0 Å². The Kier molecular flexibility index (Phi) is 2.53. The summed E-state index contributed by atoms with van der Waals surface area (Å²) < 4.78 is 0. The first kappa shape index (κ1) is 12.4. The van der Waals surface area contributed by atoms with Crippen molar-refractivity contribution in [2.45, 2.75) is 0 Å². The fourth-order valence-corrected chi connectivity index (χ4v) is 3.18. The Morgan fingerprint density at radius 3 is 2.30 bits per heavy atom. The molecule has 5 rings (SSSR count). The first-order valence-corrected chi connectivity index (χ1v) is 7.74. The van der Waals surface area contributed by atoms with Gasteiger partial charge in [0.2, 0.25) is 0 Å². The second-order valence-corrected chi connectivity index (χ2v) is 5.86. The fourth-order valence-electron chi connectivity index (χ4n) is 3.18. The summed E-state index contributed by atoms with van der Waals surface area (Å²) in [6, 6.07) is 27.5. The van der Waals surface area contributed by atoms with Crippen LogP contribution >= 0.6 is 0 Å². The van der Waals surface area contributed by atoms with Gasteiger partial charge < -0.3 is 4.98 Å². The third-order valence-electron chi connectivity index (χ3n) is 4.36. The molecule has 0 atom stereocenters. The van der Waals surface area contributed by atoms with Gasteiger partial charge in [-0.15, -0.1) is 0 Å². The van der Waals surface area contributed by atoms with Crippen LogP contribution in [0.5, 0.6) is 0 Å². The summed E-state index contributed by atoms with van der Waals surface area (Å²) >= 11 is 0. The van der Waals surface area contributed by atoms with E-state index < -0.39 is 0 Å². The summed E-state index contributed by atoms with van der Waals surface area (Å²) in [5.41, 5.74) is 5.56. The Labute approximate surface area is 133 Å². The summed E-state index contributed by atoms with van der Waals surface area (Å²) in [6.07, 6.45) is 0. The van der Waals surface area contributed by atoms with E-state index in [4.69, 9.17) is 4.98 Å². The second-order valence-electron chi connectivity index (χ2n) is 5.86. The van der Waals surface area contributed by atoms with Crippen molar-refractivity contribution < 1.29 is 0 Å². The number of benzene rings is 3. The van der Waals surface area contributed by atoms with Crippen LogP contribution in [0.15, 0.2) is 78.9 Å². The fraction of sp³-hybridized carbons (Fsp3) is 0. The Morgan fingerprint density at radius 1 is 0.609 bits per heavy atom. The minimum Gasteiger partial charge on any atom is -0.355 e. The van der Waals surface area contributed by atoms with E-state index in [0.29, 0.717) is 0 Å². The summed E-state index contributed by atoms with van der Waals surface area (Å²) in [4.78, 5) is 8.24. The quantitative estimate of drug-likeness (QED) is 0.404. The Hall–Kier alpha value is -3.13. The van der Waals surface area contributed by atoms with Crippen molar-refractivity contribution in [3.63, 3.8) is 0 Å². The smallest absolute Gasteiger partial charge is 0.0710 e. The molecule has 2 aromatic heterocycles. The van der Waals surface area contributed by atoms with E-state index in [2.05, 4.69) is 77.8 Å². The molecule has 5 aromatic rings. The Balaban J connectivity index is 1.73. The minimum absolute atomic E-state index is 1.03. The maximum atomic E-state index is 4.75. The molecule has 23 heavy (non-hydrogen) atoms. The van der Waals surface area contributed by atoms with Crippen molar-refractivity contribution in [1.29, 1.82) is 0 Å². The largest absolute Gasteiger partial charge is 0.355 e. The van der Waals surface area contributed by atoms with Gasteiger partial charge >= 0.3 is 0 Å². The maximum absolute atomic E-state index is 4.75. The van der Waals surface area contributed by atoms with Crippen LogP contribution in [0.3, 0.4) is 0 Å². The number of aromatic amines is 1. The van der Waals surface area contributed by atoms with E-state index in [-0.39, 0.29) is 0 Å². The topological polar surface area (TPSA) is 28.7 Å². The van der Waals surface area contributed by atoms with Crippen LogP contribution in [-0.4, -0.2) is 9.97 Å². The number of hydrogen-bond acceptors (Lipinski definition) is 1. The first-order chi connectivity index (χ1) is 11.4. The van der Waals surface area contributed by atoms with Crippen molar-refractivity contribution in [1.82, 2.24) is 9.97 Å². The average molecular weight is 294 g/mol. The molecule has 2 heterocycles. The van der Waals surface area contributed by atoms with E-state index in [9.17, 15) is 0 Å². The normalized spacial score (nSPS) is 11.5. The number of nitrogens with one attached hydrogen (secondary N) is 1. The lowest BCUT2D eigenvalue weighted by Crippen LogP contribution is -1.84. The molecule has 3 aromatic carbocycles. The molecule has 0 aliphatic rings. The highest BCUT2D eigenvalue weighted by molar-refractivity contribution is 5.95. The van der Waals surface area contributed by atoms with Crippen LogP contribution in [0, 0.1) is 0 Å². The zero-order valence-electron chi connectivity index (χ0n) is 12.5. The number of nitrogens with zero attached hydrogens (tertiary/aromatic N) is 1. The number of pyridine rings is 1. The number of fused-ring (bicyclic) bond motifs is 3. The summed E-state index contributed by atoms with van der Waals surface area (Å²) in [7, 11) is 0. The van der Waals surface area contributed by atoms with Gasteiger partial charge in [0.25, 0.3) is 0 Å². The number of rotatable bonds is 1. The van der Waals surface area contributed by atoms with Crippen LogP contribution < -0.4 is 0 Å². The molecule has 0 radical (unpaired) electrons. The van der Waals surface area contributed by atoms with Crippen molar-refractivity contribution in [2.24, 2.45) is 0 Å². The summed E-state index contributed by atoms with van der Waals surface area (Å²) in [5, 5.41) is 3.58. The van der Waals surface area contributed by atoms with Crippen LogP contribution in [-0.2, 0) is 0 Å². The molecule has 0 aliphatic carbocycles. The zero-order valence-corrected chi connectivity index (χ0v) is 12.5. The van der Waals surface area contributed by atoms with Gasteiger partial charge in [0.05, 0.1) is 11.0 Å². The standard InChI is InChI=1S/C21H14N2/c1-3-7-18-14(5-1)11-17-12-16(9-10-20(17)22-18)21-13-15-6-2-4-8-19(15)23-21/h1-13,23H. The number of para-hydroxylation sites is 2. The highest BCUT2D eigenvalue weighted by Gasteiger charge is 2.05. The molecule has 2 nitrogen and oxygen atoms in total. The third-order valence-corrected chi connectivity index (χ3v) is 4.36. The molecule has 108 valence electrons. The molecule has 0 amide bonds. The summed E-state index contributed by atoms with van der Waals surface area (Å²) in [5.74, 6) is 0. The van der Waals surface area contributed by atoms with Gasteiger partial charge in [0.15, 0.2) is 0 Å². The molecule has 0 saturated heterocycles. The summed E-state index contributed by atoms with van der Waals surface area (Å²) in [6.45, 7) is 0. The first-order valence-electron chi connectivity index (χ1n) is 7.74. The second kappa shape index (κ2) is 4.68. The van der Waals surface area contributed by atoms with Gasteiger partial charge in [0, 0.05) is 27.4 Å². The zero-order chi connectivity index (χ0) is 15.2. The van der Waals surface area contributed by atoms with Crippen LogP contribution in [0.2, 0.25) is 0 Å². The molecule has 0 aliphatic heterocycles. The molecular weight excluding hydrogens is 280 g/mol. The van der Waals surface area contributed by atoms with Gasteiger partial charge in [-0.25, -0.2) is 4.98 Å². The van der Waals surface area contributed by atoms with E-state index in [1.54, 1.807) is 0 Å². The molecule has 0 bridgehead atoms. The molecule has 2 heteroatoms. The lowest BCUT2D eigenvalue weighted by molar-refractivity contribution is 1.45. The monoisotopic (exact) mass is 294 g/mol. The third kappa shape index (κ3) is 2.00.